The number of ether oxygens (including phenoxy) is 2. The number of fused-ring (bicyclic) bond motifs is 1. The fourth-order valence-electron chi connectivity index (χ4n) is 2.31. The zero-order valence-corrected chi connectivity index (χ0v) is 13.4. The number of aromatic amines is 1. The summed E-state index contributed by atoms with van der Waals surface area (Å²) in [6.07, 6.45) is 0. The average molecular weight is 330 g/mol. The van der Waals surface area contributed by atoms with Gasteiger partial charge in [0, 0.05) is 16.5 Å². The number of para-hydroxylation sites is 1. The van der Waals surface area contributed by atoms with E-state index in [1.54, 1.807) is 14.0 Å². The summed E-state index contributed by atoms with van der Waals surface area (Å²) in [5, 5.41) is 2.27. The predicted octanol–water partition coefficient (Wildman–Crippen LogP) is 2.84. The van der Waals surface area contributed by atoms with E-state index in [1.165, 1.54) is 11.3 Å². The van der Waals surface area contributed by atoms with E-state index in [2.05, 4.69) is 9.97 Å². The van der Waals surface area contributed by atoms with Gasteiger partial charge in [0.25, 0.3) is 5.56 Å². The minimum absolute atomic E-state index is 0.0854. The molecule has 2 heterocycles. The highest BCUT2D eigenvalue weighted by Crippen LogP contribution is 2.36. The number of esters is 1. The number of carbonyl (C=O) groups is 1. The number of thiophene rings is 1. The van der Waals surface area contributed by atoms with Crippen molar-refractivity contribution in [3.05, 3.63) is 45.8 Å². The lowest BCUT2D eigenvalue weighted by Crippen LogP contribution is -2.17. The molecule has 0 unspecified atom stereocenters. The molecular weight excluding hydrogens is 316 g/mol. The van der Waals surface area contributed by atoms with Gasteiger partial charge in [-0.05, 0) is 13.0 Å². The molecule has 0 fully saturated rings. The molecule has 0 amide bonds. The van der Waals surface area contributed by atoms with Crippen molar-refractivity contribution in [2.75, 3.05) is 13.7 Å². The molecule has 1 aromatic carbocycles. The Labute approximate surface area is 135 Å². The Morgan fingerprint density at radius 3 is 2.83 bits per heavy atom. The summed E-state index contributed by atoms with van der Waals surface area (Å²) in [6.45, 7) is 1.91. The number of benzene rings is 1. The fourth-order valence-corrected chi connectivity index (χ4v) is 3.25. The number of H-pyrrole nitrogens is 1. The SMILES string of the molecule is CCOC(=O)c1nc2scc(-c3ccccc3OC)c2c(=O)[nH]1. The normalized spacial score (nSPS) is 10.7. The molecule has 0 atom stereocenters. The average Bonchev–Trinajstić information content (AvgIpc) is 2.99. The maximum absolute atomic E-state index is 12.4. The van der Waals surface area contributed by atoms with Crippen LogP contribution in [-0.4, -0.2) is 29.7 Å². The van der Waals surface area contributed by atoms with Gasteiger partial charge in [-0.25, -0.2) is 9.78 Å². The van der Waals surface area contributed by atoms with E-state index in [9.17, 15) is 9.59 Å². The molecule has 118 valence electrons. The van der Waals surface area contributed by atoms with E-state index in [0.717, 1.165) is 11.1 Å². The van der Waals surface area contributed by atoms with Crippen LogP contribution in [0.3, 0.4) is 0 Å². The van der Waals surface area contributed by atoms with Crippen molar-refractivity contribution < 1.29 is 14.3 Å². The van der Waals surface area contributed by atoms with Crippen molar-refractivity contribution in [2.24, 2.45) is 0 Å². The highest BCUT2D eigenvalue weighted by atomic mass is 32.1. The smallest absolute Gasteiger partial charge is 0.374 e. The Bertz CT molecular complexity index is 929. The van der Waals surface area contributed by atoms with Gasteiger partial charge in [-0.3, -0.25) is 4.79 Å². The summed E-state index contributed by atoms with van der Waals surface area (Å²) >= 11 is 1.30. The first kappa shape index (κ1) is 15.2. The van der Waals surface area contributed by atoms with Crippen molar-refractivity contribution in [3.8, 4) is 16.9 Å². The highest BCUT2D eigenvalue weighted by molar-refractivity contribution is 7.17. The summed E-state index contributed by atoms with van der Waals surface area (Å²) < 4.78 is 10.2. The minimum Gasteiger partial charge on any atom is -0.496 e. The molecule has 0 radical (unpaired) electrons. The molecule has 0 aliphatic rings. The number of hydrogen-bond acceptors (Lipinski definition) is 6. The van der Waals surface area contributed by atoms with E-state index >= 15 is 0 Å². The maximum Gasteiger partial charge on any atom is 0.374 e. The van der Waals surface area contributed by atoms with Crippen LogP contribution in [0.4, 0.5) is 0 Å². The van der Waals surface area contributed by atoms with Crippen LogP contribution in [0, 0.1) is 0 Å². The van der Waals surface area contributed by atoms with Crippen LogP contribution in [0.25, 0.3) is 21.3 Å². The Hall–Kier alpha value is -2.67. The molecule has 0 spiro atoms. The molecule has 6 nitrogen and oxygen atoms in total. The molecule has 3 aromatic rings. The molecular formula is C16H14N2O4S. The van der Waals surface area contributed by atoms with Gasteiger partial charge in [0.15, 0.2) is 0 Å². The Balaban J connectivity index is 2.19. The summed E-state index contributed by atoms with van der Waals surface area (Å²) in [5.74, 6) is -0.0578. The number of nitrogens with one attached hydrogen (secondary N) is 1. The number of hydrogen-bond donors (Lipinski definition) is 1. The summed E-state index contributed by atoms with van der Waals surface area (Å²) in [5.41, 5.74) is 1.16. The fraction of sp³-hybridized carbons (Fsp3) is 0.188. The molecule has 0 saturated heterocycles. The molecule has 23 heavy (non-hydrogen) atoms. The van der Waals surface area contributed by atoms with Crippen LogP contribution in [0.1, 0.15) is 17.5 Å². The molecule has 3 rings (SSSR count). The first-order valence-corrected chi connectivity index (χ1v) is 7.85. The lowest BCUT2D eigenvalue weighted by molar-refractivity contribution is 0.0512. The van der Waals surface area contributed by atoms with Crippen LogP contribution in [0.5, 0.6) is 5.75 Å². The van der Waals surface area contributed by atoms with Gasteiger partial charge in [0.1, 0.15) is 10.6 Å². The first-order chi connectivity index (χ1) is 11.2. The topological polar surface area (TPSA) is 81.3 Å². The number of carbonyl (C=O) groups excluding carboxylic acids is 1. The molecule has 7 heteroatoms. The summed E-state index contributed by atoms with van der Waals surface area (Å²) in [6, 6.07) is 7.43. The molecule has 0 bridgehead atoms. The van der Waals surface area contributed by atoms with Crippen molar-refractivity contribution in [2.45, 2.75) is 6.92 Å². The van der Waals surface area contributed by atoms with Crippen molar-refractivity contribution in [3.63, 3.8) is 0 Å². The zero-order chi connectivity index (χ0) is 16.4. The van der Waals surface area contributed by atoms with Gasteiger partial charge < -0.3 is 14.5 Å². The summed E-state index contributed by atoms with van der Waals surface area (Å²) in [7, 11) is 1.58. The second kappa shape index (κ2) is 6.21. The zero-order valence-electron chi connectivity index (χ0n) is 12.6. The molecule has 2 aromatic heterocycles. The Kier molecular flexibility index (Phi) is 4.12. The number of methoxy groups -OCH3 is 1. The van der Waals surface area contributed by atoms with E-state index < -0.39 is 5.97 Å². The van der Waals surface area contributed by atoms with Crippen LogP contribution >= 0.6 is 11.3 Å². The third kappa shape index (κ3) is 2.70. The first-order valence-electron chi connectivity index (χ1n) is 6.97. The van der Waals surface area contributed by atoms with Crippen LogP contribution in [0.2, 0.25) is 0 Å². The largest absolute Gasteiger partial charge is 0.496 e. The molecule has 0 aliphatic carbocycles. The summed E-state index contributed by atoms with van der Waals surface area (Å²) in [4.78, 5) is 31.4. The van der Waals surface area contributed by atoms with Gasteiger partial charge >= 0.3 is 5.97 Å². The Morgan fingerprint density at radius 1 is 1.30 bits per heavy atom. The Morgan fingerprint density at radius 2 is 2.09 bits per heavy atom. The maximum atomic E-state index is 12.4. The highest BCUT2D eigenvalue weighted by Gasteiger charge is 2.18. The van der Waals surface area contributed by atoms with Gasteiger partial charge in [-0.15, -0.1) is 11.3 Å². The lowest BCUT2D eigenvalue weighted by Gasteiger charge is -2.07. The third-order valence-electron chi connectivity index (χ3n) is 3.31. The van der Waals surface area contributed by atoms with E-state index in [1.807, 2.05) is 29.6 Å². The predicted molar refractivity (Wildman–Crippen MR) is 88.2 cm³/mol. The van der Waals surface area contributed by atoms with Gasteiger partial charge in [0.2, 0.25) is 5.82 Å². The lowest BCUT2D eigenvalue weighted by atomic mass is 10.1. The van der Waals surface area contributed by atoms with E-state index in [4.69, 9.17) is 9.47 Å². The monoisotopic (exact) mass is 330 g/mol. The third-order valence-corrected chi connectivity index (χ3v) is 4.18. The van der Waals surface area contributed by atoms with Gasteiger partial charge in [0.05, 0.1) is 19.1 Å². The van der Waals surface area contributed by atoms with Crippen molar-refractivity contribution >= 4 is 27.5 Å². The quantitative estimate of drug-likeness (QED) is 0.744. The van der Waals surface area contributed by atoms with Crippen molar-refractivity contribution in [1.29, 1.82) is 0 Å². The van der Waals surface area contributed by atoms with Crippen LogP contribution in [0.15, 0.2) is 34.4 Å². The van der Waals surface area contributed by atoms with E-state index in [-0.39, 0.29) is 18.0 Å². The minimum atomic E-state index is -0.640. The molecule has 0 saturated carbocycles. The van der Waals surface area contributed by atoms with E-state index in [0.29, 0.717) is 16.0 Å². The molecule has 1 N–H and O–H groups in total. The van der Waals surface area contributed by atoms with Crippen molar-refractivity contribution in [1.82, 2.24) is 9.97 Å². The number of aromatic nitrogens is 2. The van der Waals surface area contributed by atoms with Gasteiger partial charge in [-0.1, -0.05) is 18.2 Å². The number of rotatable bonds is 4. The van der Waals surface area contributed by atoms with Crippen LogP contribution in [-0.2, 0) is 4.74 Å². The second-order valence-electron chi connectivity index (χ2n) is 4.66. The van der Waals surface area contributed by atoms with Gasteiger partial charge in [-0.2, -0.15) is 0 Å². The number of nitrogens with zero attached hydrogens (tertiary/aromatic N) is 1. The van der Waals surface area contributed by atoms with Crippen LogP contribution < -0.4 is 10.3 Å². The standard InChI is InChI=1S/C16H14N2O4S/c1-3-22-16(20)13-17-14(19)12-10(8-23-15(12)18-13)9-6-4-5-7-11(9)21-2/h4-8H,3H2,1-2H3,(H,17,18,19). The second-order valence-corrected chi connectivity index (χ2v) is 5.52. The molecule has 0 aliphatic heterocycles.